The number of hydrogen-bond acceptors (Lipinski definition) is 5. The minimum absolute atomic E-state index is 0.0635. The molecule has 0 bridgehead atoms. The van der Waals surface area contributed by atoms with Crippen molar-refractivity contribution in [3.05, 3.63) is 23.8 Å². The van der Waals surface area contributed by atoms with Crippen LogP contribution >= 0.6 is 0 Å². The van der Waals surface area contributed by atoms with Gasteiger partial charge in [-0.15, -0.1) is 0 Å². The number of fused-ring (bicyclic) bond motifs is 1. The smallest absolute Gasteiger partial charge is 0.161 e. The SMILES string of the molecule is CC(C)C(C)S(=O)(=O)CC(N)c1ccc2c(c1)OCCO2. The quantitative estimate of drug-likeness (QED) is 0.898. The van der Waals surface area contributed by atoms with Gasteiger partial charge < -0.3 is 15.2 Å². The summed E-state index contributed by atoms with van der Waals surface area (Å²) < 4.78 is 35.6. The van der Waals surface area contributed by atoms with Crippen molar-refractivity contribution in [2.75, 3.05) is 19.0 Å². The number of rotatable bonds is 5. The van der Waals surface area contributed by atoms with Crippen LogP contribution in [0.1, 0.15) is 32.4 Å². The number of hydrogen-bond donors (Lipinski definition) is 1. The molecule has 0 saturated carbocycles. The molecule has 118 valence electrons. The minimum atomic E-state index is -3.23. The first-order chi connectivity index (χ1) is 9.81. The predicted molar refractivity (Wildman–Crippen MR) is 82.4 cm³/mol. The Kier molecular flexibility index (Phi) is 4.78. The second-order valence-electron chi connectivity index (χ2n) is 5.79. The zero-order valence-corrected chi connectivity index (χ0v) is 13.5. The number of benzene rings is 1. The van der Waals surface area contributed by atoms with Crippen LogP contribution in [0.5, 0.6) is 11.5 Å². The van der Waals surface area contributed by atoms with Crippen LogP contribution in [0.25, 0.3) is 0 Å². The van der Waals surface area contributed by atoms with Gasteiger partial charge in [-0.05, 0) is 30.5 Å². The van der Waals surface area contributed by atoms with Gasteiger partial charge in [0.15, 0.2) is 21.3 Å². The molecule has 0 aliphatic carbocycles. The van der Waals surface area contributed by atoms with Gasteiger partial charge in [0.2, 0.25) is 0 Å². The van der Waals surface area contributed by atoms with E-state index in [9.17, 15) is 8.42 Å². The lowest BCUT2D eigenvalue weighted by Gasteiger charge is -2.22. The van der Waals surface area contributed by atoms with Crippen molar-refractivity contribution in [3.8, 4) is 11.5 Å². The van der Waals surface area contributed by atoms with E-state index in [0.717, 1.165) is 5.56 Å². The van der Waals surface area contributed by atoms with E-state index in [1.54, 1.807) is 25.1 Å². The van der Waals surface area contributed by atoms with E-state index in [0.29, 0.717) is 24.7 Å². The molecular formula is C15H23NO4S. The van der Waals surface area contributed by atoms with Crippen LogP contribution < -0.4 is 15.2 Å². The van der Waals surface area contributed by atoms with Crippen LogP contribution in [-0.4, -0.2) is 32.6 Å². The van der Waals surface area contributed by atoms with Gasteiger partial charge in [0, 0.05) is 6.04 Å². The molecule has 1 aliphatic heterocycles. The summed E-state index contributed by atoms with van der Waals surface area (Å²) in [6.45, 7) is 6.55. The van der Waals surface area contributed by atoms with Gasteiger partial charge in [-0.2, -0.15) is 0 Å². The van der Waals surface area contributed by atoms with E-state index in [2.05, 4.69) is 0 Å². The highest BCUT2D eigenvalue weighted by Gasteiger charge is 2.27. The molecule has 2 rings (SSSR count). The first kappa shape index (κ1) is 16.1. The van der Waals surface area contributed by atoms with E-state index < -0.39 is 21.1 Å². The van der Waals surface area contributed by atoms with Gasteiger partial charge in [-0.1, -0.05) is 19.9 Å². The fourth-order valence-corrected chi connectivity index (χ4v) is 4.03. The summed E-state index contributed by atoms with van der Waals surface area (Å²) in [5, 5.41) is -0.402. The molecule has 0 spiro atoms. The Morgan fingerprint density at radius 3 is 2.38 bits per heavy atom. The summed E-state index contributed by atoms with van der Waals surface area (Å²) in [6, 6.07) is 4.79. The summed E-state index contributed by atoms with van der Waals surface area (Å²) in [5.74, 6) is 1.31. The fraction of sp³-hybridized carbons (Fsp3) is 0.600. The van der Waals surface area contributed by atoms with Crippen LogP contribution in [0.3, 0.4) is 0 Å². The lowest BCUT2D eigenvalue weighted by Crippen LogP contribution is -2.31. The van der Waals surface area contributed by atoms with E-state index >= 15 is 0 Å². The van der Waals surface area contributed by atoms with Crippen LogP contribution in [0, 0.1) is 5.92 Å². The lowest BCUT2D eigenvalue weighted by molar-refractivity contribution is 0.171. The molecule has 2 unspecified atom stereocenters. The van der Waals surface area contributed by atoms with Crippen molar-refractivity contribution < 1.29 is 17.9 Å². The molecule has 0 saturated heterocycles. The zero-order valence-electron chi connectivity index (χ0n) is 12.7. The second-order valence-corrected chi connectivity index (χ2v) is 8.19. The van der Waals surface area contributed by atoms with Gasteiger partial charge in [-0.3, -0.25) is 0 Å². The van der Waals surface area contributed by atoms with Crippen molar-refractivity contribution in [2.24, 2.45) is 11.7 Å². The molecule has 2 N–H and O–H groups in total. The minimum Gasteiger partial charge on any atom is -0.486 e. The number of nitrogens with two attached hydrogens (primary N) is 1. The maximum absolute atomic E-state index is 12.3. The molecule has 0 fully saturated rings. The molecule has 1 heterocycles. The Morgan fingerprint density at radius 2 is 1.76 bits per heavy atom. The van der Waals surface area contributed by atoms with Gasteiger partial charge in [-0.25, -0.2) is 8.42 Å². The van der Waals surface area contributed by atoms with Crippen molar-refractivity contribution in [2.45, 2.75) is 32.1 Å². The van der Waals surface area contributed by atoms with Crippen LogP contribution in [0.4, 0.5) is 0 Å². The predicted octanol–water partition coefficient (Wildman–Crippen LogP) is 1.92. The van der Waals surface area contributed by atoms with Crippen LogP contribution in [-0.2, 0) is 9.84 Å². The molecule has 2 atom stereocenters. The fourth-order valence-electron chi connectivity index (χ4n) is 2.20. The molecule has 0 aromatic heterocycles. The Morgan fingerprint density at radius 1 is 1.14 bits per heavy atom. The number of sulfone groups is 1. The lowest BCUT2D eigenvalue weighted by atomic mass is 10.1. The zero-order chi connectivity index (χ0) is 15.6. The van der Waals surface area contributed by atoms with Gasteiger partial charge in [0.05, 0.1) is 11.0 Å². The summed E-state index contributed by atoms with van der Waals surface area (Å²) in [7, 11) is -3.23. The average Bonchev–Trinajstić information content (AvgIpc) is 2.45. The topological polar surface area (TPSA) is 78.6 Å². The average molecular weight is 313 g/mol. The first-order valence-electron chi connectivity index (χ1n) is 7.18. The summed E-state index contributed by atoms with van der Waals surface area (Å²) in [4.78, 5) is 0. The number of ether oxygens (including phenoxy) is 2. The summed E-state index contributed by atoms with van der Waals surface area (Å²) in [6.07, 6.45) is 0. The van der Waals surface area contributed by atoms with Crippen molar-refractivity contribution in [1.29, 1.82) is 0 Å². The van der Waals surface area contributed by atoms with Gasteiger partial charge in [0.1, 0.15) is 13.2 Å². The highest BCUT2D eigenvalue weighted by atomic mass is 32.2. The Bertz CT molecular complexity index is 598. The Balaban J connectivity index is 2.15. The monoisotopic (exact) mass is 313 g/mol. The van der Waals surface area contributed by atoms with Gasteiger partial charge in [0.25, 0.3) is 0 Å². The van der Waals surface area contributed by atoms with E-state index in [-0.39, 0.29) is 11.7 Å². The van der Waals surface area contributed by atoms with Crippen molar-refractivity contribution in [1.82, 2.24) is 0 Å². The maximum atomic E-state index is 12.3. The summed E-state index contributed by atoms with van der Waals surface area (Å²) >= 11 is 0. The first-order valence-corrected chi connectivity index (χ1v) is 8.89. The summed E-state index contributed by atoms with van der Waals surface area (Å²) in [5.41, 5.74) is 6.83. The molecular weight excluding hydrogens is 290 g/mol. The van der Waals surface area contributed by atoms with Crippen molar-refractivity contribution >= 4 is 9.84 Å². The molecule has 1 aliphatic rings. The van der Waals surface area contributed by atoms with E-state index in [1.807, 2.05) is 13.8 Å². The molecule has 21 heavy (non-hydrogen) atoms. The van der Waals surface area contributed by atoms with Crippen molar-refractivity contribution in [3.63, 3.8) is 0 Å². The van der Waals surface area contributed by atoms with E-state index in [1.165, 1.54) is 0 Å². The van der Waals surface area contributed by atoms with E-state index in [4.69, 9.17) is 15.2 Å². The van der Waals surface area contributed by atoms with Crippen LogP contribution in [0.15, 0.2) is 18.2 Å². The third-order valence-electron chi connectivity index (χ3n) is 3.91. The Hall–Kier alpha value is -1.27. The highest BCUT2D eigenvalue weighted by molar-refractivity contribution is 7.92. The third kappa shape index (κ3) is 3.68. The van der Waals surface area contributed by atoms with Gasteiger partial charge >= 0.3 is 0 Å². The molecule has 0 amide bonds. The normalized spacial score (nSPS) is 17.6. The molecule has 5 nitrogen and oxygen atoms in total. The highest BCUT2D eigenvalue weighted by Crippen LogP contribution is 2.32. The Labute approximate surface area is 126 Å². The largest absolute Gasteiger partial charge is 0.486 e. The second kappa shape index (κ2) is 6.23. The maximum Gasteiger partial charge on any atom is 0.161 e. The third-order valence-corrected chi connectivity index (χ3v) is 6.41. The molecule has 0 radical (unpaired) electrons. The molecule has 1 aromatic rings. The standard InChI is InChI=1S/C15H23NO4S/c1-10(2)11(3)21(17,18)9-13(16)12-4-5-14-15(8-12)20-7-6-19-14/h4-5,8,10-11,13H,6-7,9,16H2,1-3H3. The molecule has 1 aromatic carbocycles. The molecule has 6 heteroatoms. The van der Waals surface area contributed by atoms with Crippen LogP contribution in [0.2, 0.25) is 0 Å².